The Labute approximate surface area is 89.9 Å². The van der Waals surface area contributed by atoms with Gasteiger partial charge in [-0.15, -0.1) is 0 Å². The molecule has 1 unspecified atom stereocenters. The van der Waals surface area contributed by atoms with E-state index >= 15 is 0 Å². The van der Waals surface area contributed by atoms with Crippen molar-refractivity contribution in [1.82, 2.24) is 0 Å². The number of nitrogens with zero attached hydrogens (tertiary/aromatic N) is 1. The Morgan fingerprint density at radius 2 is 2.13 bits per heavy atom. The zero-order chi connectivity index (χ0) is 10.8. The lowest BCUT2D eigenvalue weighted by Crippen LogP contribution is -2.41. The molecule has 15 heavy (non-hydrogen) atoms. The molecule has 2 aliphatic carbocycles. The van der Waals surface area contributed by atoms with Crippen LogP contribution in [0.15, 0.2) is 4.99 Å². The van der Waals surface area contributed by atoms with Crippen LogP contribution in [0.5, 0.6) is 0 Å². The molecular formula is C12H17NO2. The molecule has 2 fully saturated rings. The van der Waals surface area contributed by atoms with Gasteiger partial charge in [-0.1, -0.05) is 20.8 Å². The molecule has 1 heterocycles. The van der Waals surface area contributed by atoms with Crippen molar-refractivity contribution in [3.05, 3.63) is 0 Å². The highest BCUT2D eigenvalue weighted by Crippen LogP contribution is 2.65. The average molecular weight is 207 g/mol. The van der Waals surface area contributed by atoms with E-state index in [0.29, 0.717) is 5.92 Å². The third-order valence-electron chi connectivity index (χ3n) is 5.14. The van der Waals surface area contributed by atoms with E-state index in [0.717, 1.165) is 5.71 Å². The van der Waals surface area contributed by atoms with Crippen LogP contribution < -0.4 is 0 Å². The van der Waals surface area contributed by atoms with E-state index in [1.165, 1.54) is 12.8 Å². The highest BCUT2D eigenvalue weighted by molar-refractivity contribution is 6.02. The average Bonchev–Trinajstić information content (AvgIpc) is 2.47. The van der Waals surface area contributed by atoms with E-state index in [2.05, 4.69) is 25.8 Å². The van der Waals surface area contributed by atoms with Crippen LogP contribution in [0.2, 0.25) is 0 Å². The summed E-state index contributed by atoms with van der Waals surface area (Å²) >= 11 is 0. The largest absolute Gasteiger partial charge is 0.454 e. The highest BCUT2D eigenvalue weighted by Gasteiger charge is 2.66. The fourth-order valence-electron chi connectivity index (χ4n) is 3.76. The van der Waals surface area contributed by atoms with Crippen molar-refractivity contribution in [2.45, 2.75) is 39.7 Å². The highest BCUT2D eigenvalue weighted by atomic mass is 16.5. The summed E-state index contributed by atoms with van der Waals surface area (Å²) in [6, 6.07) is 0. The zero-order valence-electron chi connectivity index (χ0n) is 9.54. The lowest BCUT2D eigenvalue weighted by atomic mass is 9.70. The Hall–Kier alpha value is -0.860. The molecule has 3 aliphatic rings. The van der Waals surface area contributed by atoms with Gasteiger partial charge >= 0.3 is 5.97 Å². The van der Waals surface area contributed by atoms with Crippen LogP contribution in [0, 0.1) is 16.7 Å². The second kappa shape index (κ2) is 2.45. The number of esters is 1. The van der Waals surface area contributed by atoms with Crippen molar-refractivity contribution in [3.63, 3.8) is 0 Å². The molecule has 1 aliphatic heterocycles. The number of carbonyl (C=O) groups excluding carboxylic acids is 1. The number of rotatable bonds is 0. The summed E-state index contributed by atoms with van der Waals surface area (Å²) in [5, 5.41) is 0. The maximum atomic E-state index is 11.3. The molecule has 2 bridgehead atoms. The molecule has 0 spiro atoms. The molecule has 2 saturated carbocycles. The lowest BCUT2D eigenvalue weighted by molar-refractivity contribution is -0.147. The monoisotopic (exact) mass is 207 g/mol. The predicted octanol–water partition coefficient (Wildman–Crippen LogP) is 1.81. The van der Waals surface area contributed by atoms with E-state index in [4.69, 9.17) is 4.74 Å². The third-order valence-corrected chi connectivity index (χ3v) is 5.14. The fourth-order valence-corrected chi connectivity index (χ4v) is 3.76. The molecule has 82 valence electrons. The van der Waals surface area contributed by atoms with Crippen molar-refractivity contribution < 1.29 is 9.53 Å². The Morgan fingerprint density at radius 1 is 1.40 bits per heavy atom. The van der Waals surface area contributed by atoms with E-state index in [-0.39, 0.29) is 29.4 Å². The second-order valence-electron chi connectivity index (χ2n) is 5.81. The lowest BCUT2D eigenvalue weighted by Gasteiger charge is -2.34. The molecule has 0 aromatic rings. The molecule has 0 aromatic heterocycles. The second-order valence-corrected chi connectivity index (χ2v) is 5.81. The van der Waals surface area contributed by atoms with Gasteiger partial charge in [-0.3, -0.25) is 9.79 Å². The number of carbonyl (C=O) groups is 1. The maximum Gasteiger partial charge on any atom is 0.328 e. The van der Waals surface area contributed by atoms with Crippen molar-refractivity contribution in [3.8, 4) is 0 Å². The first-order valence-corrected chi connectivity index (χ1v) is 5.71. The summed E-state index contributed by atoms with van der Waals surface area (Å²) in [6.45, 7) is 7.09. The van der Waals surface area contributed by atoms with Gasteiger partial charge in [-0.25, -0.2) is 0 Å². The smallest absolute Gasteiger partial charge is 0.328 e. The number of ether oxygens (including phenoxy) is 1. The molecule has 0 N–H and O–H groups in total. The summed E-state index contributed by atoms with van der Waals surface area (Å²) in [7, 11) is 0. The van der Waals surface area contributed by atoms with Crippen LogP contribution in [-0.2, 0) is 9.53 Å². The first-order chi connectivity index (χ1) is 6.97. The molecule has 3 rings (SSSR count). The third kappa shape index (κ3) is 0.876. The molecule has 3 atom stereocenters. The van der Waals surface area contributed by atoms with Gasteiger partial charge in [-0.2, -0.15) is 0 Å². The minimum absolute atomic E-state index is 0.0139. The Morgan fingerprint density at radius 3 is 2.87 bits per heavy atom. The standard InChI is InChI=1S/C12H17NO2/c1-11(2)7-4-5-12(11,3)10-9(7)15-8(14)6-13-10/h7,9H,4-6H2,1-3H3/t7-,9?,12+/m1/s1. The first-order valence-electron chi connectivity index (χ1n) is 5.71. The maximum absolute atomic E-state index is 11.3. The van der Waals surface area contributed by atoms with Gasteiger partial charge in [0.2, 0.25) is 0 Å². The van der Waals surface area contributed by atoms with Gasteiger partial charge in [0.05, 0.1) is 5.71 Å². The van der Waals surface area contributed by atoms with E-state index < -0.39 is 0 Å². The first kappa shape index (κ1) is 9.37. The summed E-state index contributed by atoms with van der Waals surface area (Å²) < 4.78 is 5.48. The SMILES string of the molecule is CC1(C)[C@@H]2CC[C@@]1(C)C1=NCC(=O)OC12. The van der Waals surface area contributed by atoms with Crippen molar-refractivity contribution in [2.24, 2.45) is 21.7 Å². The Bertz CT molecular complexity index is 372. The van der Waals surface area contributed by atoms with Crippen LogP contribution in [0.4, 0.5) is 0 Å². The van der Waals surface area contributed by atoms with Crippen molar-refractivity contribution in [1.29, 1.82) is 0 Å². The van der Waals surface area contributed by atoms with Gasteiger partial charge < -0.3 is 4.74 Å². The summed E-state index contributed by atoms with van der Waals surface area (Å²) in [4.78, 5) is 15.7. The van der Waals surface area contributed by atoms with Gasteiger partial charge in [0, 0.05) is 11.3 Å². The normalized spacial score (nSPS) is 46.1. The molecule has 3 heteroatoms. The minimum atomic E-state index is -0.157. The quantitative estimate of drug-likeness (QED) is 0.568. The van der Waals surface area contributed by atoms with Gasteiger partial charge in [-0.05, 0) is 18.3 Å². The summed E-state index contributed by atoms with van der Waals surface area (Å²) in [6.07, 6.45) is 2.35. The number of hydrogen-bond donors (Lipinski definition) is 0. The van der Waals surface area contributed by atoms with Crippen LogP contribution in [-0.4, -0.2) is 24.3 Å². The molecule has 0 saturated heterocycles. The molecular weight excluding hydrogens is 190 g/mol. The zero-order valence-corrected chi connectivity index (χ0v) is 9.54. The van der Waals surface area contributed by atoms with Crippen LogP contribution >= 0.6 is 0 Å². The Kier molecular flexibility index (Phi) is 1.53. The van der Waals surface area contributed by atoms with Gasteiger partial charge in [0.25, 0.3) is 0 Å². The minimum Gasteiger partial charge on any atom is -0.454 e. The van der Waals surface area contributed by atoms with Crippen LogP contribution in [0.1, 0.15) is 33.6 Å². The Balaban J connectivity index is 2.12. The number of aliphatic imine (C=N–C) groups is 1. The van der Waals surface area contributed by atoms with Crippen molar-refractivity contribution in [2.75, 3.05) is 6.54 Å². The predicted molar refractivity (Wildman–Crippen MR) is 56.8 cm³/mol. The summed E-state index contributed by atoms with van der Waals surface area (Å²) in [5.41, 5.74) is 1.54. The molecule has 0 amide bonds. The summed E-state index contributed by atoms with van der Waals surface area (Å²) in [5.74, 6) is 0.321. The van der Waals surface area contributed by atoms with Crippen molar-refractivity contribution >= 4 is 11.7 Å². The van der Waals surface area contributed by atoms with Crippen LogP contribution in [0.25, 0.3) is 0 Å². The molecule has 0 aromatic carbocycles. The van der Waals surface area contributed by atoms with E-state index in [9.17, 15) is 4.79 Å². The number of fused-ring (bicyclic) bond motifs is 5. The fraction of sp³-hybridized carbons (Fsp3) is 0.833. The van der Waals surface area contributed by atoms with E-state index in [1.54, 1.807) is 0 Å². The van der Waals surface area contributed by atoms with Gasteiger partial charge in [0.1, 0.15) is 12.6 Å². The molecule has 3 nitrogen and oxygen atoms in total. The van der Waals surface area contributed by atoms with Crippen LogP contribution in [0.3, 0.4) is 0 Å². The number of hydrogen-bond acceptors (Lipinski definition) is 3. The topological polar surface area (TPSA) is 38.7 Å². The van der Waals surface area contributed by atoms with Gasteiger partial charge in [0.15, 0.2) is 0 Å². The van der Waals surface area contributed by atoms with E-state index in [1.807, 2.05) is 0 Å². The molecule has 0 radical (unpaired) electrons.